The molecule has 0 bridgehead atoms. The van der Waals surface area contributed by atoms with E-state index >= 15 is 0 Å². The van der Waals surface area contributed by atoms with Crippen LogP contribution in [-0.2, 0) is 21.2 Å². The SMILES string of the molecule is CCNC(=O)CNS(=O)(=O)c1ccc(CCCl)cc1. The summed E-state index contributed by atoms with van der Waals surface area (Å²) in [5.41, 5.74) is 0.970. The second-order valence-electron chi connectivity index (χ2n) is 3.86. The Kier molecular flexibility index (Phi) is 6.27. The first-order chi connectivity index (χ1) is 8.99. The van der Waals surface area contributed by atoms with Crippen molar-refractivity contribution in [2.24, 2.45) is 0 Å². The van der Waals surface area contributed by atoms with Gasteiger partial charge in [0.05, 0.1) is 11.4 Å². The summed E-state index contributed by atoms with van der Waals surface area (Å²) in [6.07, 6.45) is 0.689. The van der Waals surface area contributed by atoms with Crippen molar-refractivity contribution < 1.29 is 13.2 Å². The minimum absolute atomic E-state index is 0.134. The van der Waals surface area contributed by atoms with Crippen molar-refractivity contribution in [2.45, 2.75) is 18.2 Å². The number of aryl methyl sites for hydroxylation is 1. The van der Waals surface area contributed by atoms with Crippen molar-refractivity contribution in [3.05, 3.63) is 29.8 Å². The predicted molar refractivity (Wildman–Crippen MR) is 74.7 cm³/mol. The Bertz CT molecular complexity index is 514. The summed E-state index contributed by atoms with van der Waals surface area (Å²) < 4.78 is 26.0. The highest BCUT2D eigenvalue weighted by Gasteiger charge is 2.14. The van der Waals surface area contributed by atoms with Crippen LogP contribution in [0.2, 0.25) is 0 Å². The Labute approximate surface area is 118 Å². The van der Waals surface area contributed by atoms with Crippen LogP contribution >= 0.6 is 11.6 Å². The number of hydrogen-bond acceptors (Lipinski definition) is 3. The van der Waals surface area contributed by atoms with Gasteiger partial charge < -0.3 is 5.32 Å². The van der Waals surface area contributed by atoms with E-state index in [4.69, 9.17) is 11.6 Å². The van der Waals surface area contributed by atoms with Gasteiger partial charge in [0.2, 0.25) is 15.9 Å². The van der Waals surface area contributed by atoms with Crippen molar-refractivity contribution >= 4 is 27.5 Å². The molecule has 0 aliphatic rings. The van der Waals surface area contributed by atoms with Gasteiger partial charge in [0.25, 0.3) is 0 Å². The first-order valence-electron chi connectivity index (χ1n) is 5.91. The van der Waals surface area contributed by atoms with E-state index in [9.17, 15) is 13.2 Å². The summed E-state index contributed by atoms with van der Waals surface area (Å²) in [7, 11) is -3.65. The highest BCUT2D eigenvalue weighted by atomic mass is 35.5. The number of likely N-dealkylation sites (N-methyl/N-ethyl adjacent to an activating group) is 1. The normalized spacial score (nSPS) is 11.3. The van der Waals surface area contributed by atoms with E-state index in [1.807, 2.05) is 0 Å². The zero-order valence-electron chi connectivity index (χ0n) is 10.6. The minimum Gasteiger partial charge on any atom is -0.355 e. The molecule has 5 nitrogen and oxygen atoms in total. The van der Waals surface area contributed by atoms with Gasteiger partial charge in [-0.05, 0) is 31.0 Å². The number of alkyl halides is 1. The lowest BCUT2D eigenvalue weighted by Gasteiger charge is -2.07. The standard InChI is InChI=1S/C12H17ClN2O3S/c1-2-14-12(16)9-15-19(17,18)11-5-3-10(4-6-11)7-8-13/h3-6,15H,2,7-9H2,1H3,(H,14,16). The topological polar surface area (TPSA) is 75.3 Å². The van der Waals surface area contributed by atoms with Crippen molar-refractivity contribution in [1.29, 1.82) is 0 Å². The summed E-state index contributed by atoms with van der Waals surface area (Å²) in [6, 6.07) is 6.43. The third-order valence-electron chi connectivity index (χ3n) is 2.41. The van der Waals surface area contributed by atoms with Crippen LogP contribution in [0.3, 0.4) is 0 Å². The zero-order chi connectivity index (χ0) is 14.3. The van der Waals surface area contributed by atoms with Crippen molar-refractivity contribution in [2.75, 3.05) is 19.0 Å². The van der Waals surface area contributed by atoms with Crippen LogP contribution in [0.4, 0.5) is 0 Å². The number of hydrogen-bond donors (Lipinski definition) is 2. The molecule has 1 aromatic carbocycles. The molecule has 0 aromatic heterocycles. The summed E-state index contributed by atoms with van der Waals surface area (Å²) in [4.78, 5) is 11.3. The molecule has 0 atom stereocenters. The summed E-state index contributed by atoms with van der Waals surface area (Å²) >= 11 is 5.60. The molecule has 0 radical (unpaired) electrons. The van der Waals surface area contributed by atoms with Crippen LogP contribution < -0.4 is 10.0 Å². The molecule has 0 fully saturated rings. The second kappa shape index (κ2) is 7.47. The molecule has 0 saturated heterocycles. The van der Waals surface area contributed by atoms with Gasteiger partial charge >= 0.3 is 0 Å². The molecule has 106 valence electrons. The number of sulfonamides is 1. The van der Waals surface area contributed by atoms with Crippen molar-refractivity contribution in [1.82, 2.24) is 10.0 Å². The number of rotatable bonds is 7. The molecule has 1 amide bonds. The maximum atomic E-state index is 11.9. The molecule has 2 N–H and O–H groups in total. The van der Waals surface area contributed by atoms with Gasteiger partial charge in [-0.2, -0.15) is 0 Å². The summed E-state index contributed by atoms with van der Waals surface area (Å²) in [6.45, 7) is 1.97. The van der Waals surface area contributed by atoms with Gasteiger partial charge in [0, 0.05) is 12.4 Å². The highest BCUT2D eigenvalue weighted by molar-refractivity contribution is 7.89. The van der Waals surface area contributed by atoms with Gasteiger partial charge in [-0.3, -0.25) is 4.79 Å². The third-order valence-corrected chi connectivity index (χ3v) is 4.02. The molecule has 19 heavy (non-hydrogen) atoms. The molecule has 1 rings (SSSR count). The van der Waals surface area contributed by atoms with Crippen LogP contribution in [0.15, 0.2) is 29.2 Å². The average Bonchev–Trinajstić information content (AvgIpc) is 2.38. The molecule has 0 saturated carbocycles. The first kappa shape index (κ1) is 15.9. The number of amides is 1. The minimum atomic E-state index is -3.65. The van der Waals surface area contributed by atoms with E-state index in [0.29, 0.717) is 18.8 Å². The monoisotopic (exact) mass is 304 g/mol. The fourth-order valence-corrected chi connectivity index (χ4v) is 2.65. The fourth-order valence-electron chi connectivity index (χ4n) is 1.45. The quantitative estimate of drug-likeness (QED) is 0.734. The van der Waals surface area contributed by atoms with Crippen LogP contribution in [-0.4, -0.2) is 33.3 Å². The molecule has 0 aliphatic carbocycles. The number of carbonyl (C=O) groups is 1. The fraction of sp³-hybridized carbons (Fsp3) is 0.417. The van der Waals surface area contributed by atoms with Crippen molar-refractivity contribution in [3.63, 3.8) is 0 Å². The third kappa shape index (κ3) is 5.18. The Balaban J connectivity index is 2.69. The van der Waals surface area contributed by atoms with Crippen LogP contribution in [0, 0.1) is 0 Å². The highest BCUT2D eigenvalue weighted by Crippen LogP contribution is 2.11. The van der Waals surface area contributed by atoms with Crippen LogP contribution in [0.25, 0.3) is 0 Å². The maximum absolute atomic E-state index is 11.9. The van der Waals surface area contributed by atoms with E-state index in [2.05, 4.69) is 10.0 Å². The van der Waals surface area contributed by atoms with Gasteiger partial charge in [0.15, 0.2) is 0 Å². The van der Waals surface area contributed by atoms with E-state index in [-0.39, 0.29) is 17.3 Å². The average molecular weight is 305 g/mol. The lowest BCUT2D eigenvalue weighted by atomic mass is 10.2. The number of carbonyl (C=O) groups excluding carboxylic acids is 1. The Hall–Kier alpha value is -1.11. The second-order valence-corrected chi connectivity index (χ2v) is 6.01. The molecule has 7 heteroatoms. The number of benzene rings is 1. The lowest BCUT2D eigenvalue weighted by molar-refractivity contribution is -0.119. The van der Waals surface area contributed by atoms with E-state index in [1.54, 1.807) is 19.1 Å². The number of halogens is 1. The van der Waals surface area contributed by atoms with E-state index < -0.39 is 10.0 Å². The molecule has 1 aromatic rings. The smallest absolute Gasteiger partial charge is 0.241 e. The van der Waals surface area contributed by atoms with E-state index in [0.717, 1.165) is 5.56 Å². The molecular formula is C12H17ClN2O3S. The Morgan fingerprint density at radius 2 is 1.89 bits per heavy atom. The Morgan fingerprint density at radius 3 is 2.42 bits per heavy atom. The number of nitrogens with one attached hydrogen (secondary N) is 2. The Morgan fingerprint density at radius 1 is 1.26 bits per heavy atom. The van der Waals surface area contributed by atoms with E-state index in [1.165, 1.54) is 12.1 Å². The molecular weight excluding hydrogens is 288 g/mol. The molecule has 0 heterocycles. The molecule has 0 spiro atoms. The van der Waals surface area contributed by atoms with Crippen LogP contribution in [0.5, 0.6) is 0 Å². The summed E-state index contributed by atoms with van der Waals surface area (Å²) in [5.74, 6) is 0.131. The molecule has 0 aliphatic heterocycles. The zero-order valence-corrected chi connectivity index (χ0v) is 12.2. The lowest BCUT2D eigenvalue weighted by Crippen LogP contribution is -2.36. The van der Waals surface area contributed by atoms with Crippen molar-refractivity contribution in [3.8, 4) is 0 Å². The van der Waals surface area contributed by atoms with Gasteiger partial charge in [-0.15, -0.1) is 11.6 Å². The van der Waals surface area contributed by atoms with Crippen LogP contribution in [0.1, 0.15) is 12.5 Å². The largest absolute Gasteiger partial charge is 0.355 e. The summed E-state index contributed by atoms with van der Waals surface area (Å²) in [5, 5.41) is 2.51. The van der Waals surface area contributed by atoms with Gasteiger partial charge in [-0.1, -0.05) is 12.1 Å². The first-order valence-corrected chi connectivity index (χ1v) is 7.92. The maximum Gasteiger partial charge on any atom is 0.241 e. The predicted octanol–water partition coefficient (Wildman–Crippen LogP) is 0.882. The molecule has 0 unspecified atom stereocenters. The van der Waals surface area contributed by atoms with Gasteiger partial charge in [-0.25, -0.2) is 13.1 Å². The van der Waals surface area contributed by atoms with Gasteiger partial charge in [0.1, 0.15) is 0 Å².